The van der Waals surface area contributed by atoms with Gasteiger partial charge < -0.3 is 9.32 Å². The van der Waals surface area contributed by atoms with Gasteiger partial charge in [-0.2, -0.15) is 0 Å². The summed E-state index contributed by atoms with van der Waals surface area (Å²) < 4.78 is 6.71. The third kappa shape index (κ3) is 4.03. The van der Waals surface area contributed by atoms with Crippen LogP contribution in [0.5, 0.6) is 0 Å². The number of furan rings is 1. The molecule has 0 amide bonds. The number of hydrogen-bond acceptors (Lipinski definition) is 2. The van der Waals surface area contributed by atoms with E-state index in [0.29, 0.717) is 0 Å². The molecule has 0 aliphatic heterocycles. The van der Waals surface area contributed by atoms with Crippen molar-refractivity contribution >= 4 is 49.8 Å². The summed E-state index contributed by atoms with van der Waals surface area (Å²) in [7, 11) is 0. The van der Waals surface area contributed by atoms with E-state index >= 15 is 0 Å². The second kappa shape index (κ2) is 11.4. The van der Waals surface area contributed by atoms with Gasteiger partial charge in [-0.1, -0.05) is 164 Å². The van der Waals surface area contributed by atoms with E-state index in [9.17, 15) is 0 Å². The van der Waals surface area contributed by atoms with Crippen molar-refractivity contribution in [1.29, 1.82) is 0 Å². The predicted octanol–water partition coefficient (Wildman–Crippen LogP) is 14.2. The van der Waals surface area contributed by atoms with Gasteiger partial charge in [0, 0.05) is 33.0 Å². The Morgan fingerprint density at radius 1 is 0.364 bits per heavy atom. The minimum atomic E-state index is -0.422. The molecule has 55 heavy (non-hydrogen) atoms. The molecule has 2 aliphatic carbocycles. The highest BCUT2D eigenvalue weighted by molar-refractivity contribution is 6.23. The first kappa shape index (κ1) is 30.3. The molecule has 256 valence electrons. The average Bonchev–Trinajstić information content (AvgIpc) is 3.89. The Balaban J connectivity index is 1.15. The van der Waals surface area contributed by atoms with Gasteiger partial charge in [0.15, 0.2) is 0 Å². The molecule has 0 N–H and O–H groups in total. The van der Waals surface area contributed by atoms with Gasteiger partial charge in [-0.3, -0.25) is 0 Å². The maximum atomic E-state index is 6.71. The van der Waals surface area contributed by atoms with Crippen molar-refractivity contribution in [3.8, 4) is 33.4 Å². The quantitative estimate of drug-likeness (QED) is 0.182. The maximum Gasteiger partial charge on any atom is 0.143 e. The molecule has 12 rings (SSSR count). The predicted molar refractivity (Wildman–Crippen MR) is 228 cm³/mol. The zero-order valence-electron chi connectivity index (χ0n) is 29.9. The van der Waals surface area contributed by atoms with Crippen LogP contribution < -0.4 is 4.90 Å². The second-order valence-corrected chi connectivity index (χ2v) is 14.7. The van der Waals surface area contributed by atoms with Crippen LogP contribution in [0.1, 0.15) is 22.3 Å². The van der Waals surface area contributed by atoms with E-state index in [1.54, 1.807) is 0 Å². The van der Waals surface area contributed by atoms with E-state index in [1.807, 2.05) is 0 Å². The summed E-state index contributed by atoms with van der Waals surface area (Å²) in [5.74, 6) is 0. The normalized spacial score (nSPS) is 13.2. The van der Waals surface area contributed by atoms with E-state index in [4.69, 9.17) is 4.42 Å². The molecule has 1 heterocycles. The molecular weight excluding hydrogens is 667 g/mol. The van der Waals surface area contributed by atoms with Gasteiger partial charge in [-0.25, -0.2) is 0 Å². The molecule has 0 unspecified atom stereocenters. The van der Waals surface area contributed by atoms with Gasteiger partial charge in [-0.15, -0.1) is 0 Å². The summed E-state index contributed by atoms with van der Waals surface area (Å²) in [6, 6.07) is 73.1. The Morgan fingerprint density at radius 2 is 0.909 bits per heavy atom. The molecule has 0 atom stereocenters. The average molecular weight is 700 g/mol. The minimum absolute atomic E-state index is 0.422. The topological polar surface area (TPSA) is 16.4 Å². The third-order valence-electron chi connectivity index (χ3n) is 12.1. The number of para-hydroxylation sites is 2. The van der Waals surface area contributed by atoms with Gasteiger partial charge in [0.25, 0.3) is 0 Å². The molecular formula is C53H33NO. The smallest absolute Gasteiger partial charge is 0.143 e. The van der Waals surface area contributed by atoms with Crippen LogP contribution >= 0.6 is 0 Å². The van der Waals surface area contributed by atoms with Crippen LogP contribution in [0.4, 0.5) is 17.1 Å². The fourth-order valence-electron chi connectivity index (χ4n) is 9.97. The number of rotatable bonds is 4. The highest BCUT2D eigenvalue weighted by Crippen LogP contribution is 2.64. The molecule has 0 fully saturated rings. The lowest BCUT2D eigenvalue weighted by molar-refractivity contribution is 0.670. The lowest BCUT2D eigenvalue weighted by atomic mass is 9.70. The first-order valence-electron chi connectivity index (χ1n) is 19.0. The summed E-state index contributed by atoms with van der Waals surface area (Å²) in [6.07, 6.45) is 0. The molecule has 0 bridgehead atoms. The van der Waals surface area contributed by atoms with E-state index in [-0.39, 0.29) is 0 Å². The monoisotopic (exact) mass is 699 g/mol. The Morgan fingerprint density at radius 3 is 1.65 bits per heavy atom. The largest absolute Gasteiger partial charge is 0.455 e. The van der Waals surface area contributed by atoms with Crippen LogP contribution in [0.2, 0.25) is 0 Å². The first-order valence-corrected chi connectivity index (χ1v) is 19.0. The number of nitrogens with zero attached hydrogens (tertiary/aromatic N) is 1. The molecule has 1 aromatic heterocycles. The van der Waals surface area contributed by atoms with Crippen LogP contribution in [0.3, 0.4) is 0 Å². The molecule has 0 saturated heterocycles. The molecule has 0 saturated carbocycles. The van der Waals surface area contributed by atoms with Crippen molar-refractivity contribution in [3.05, 3.63) is 222 Å². The van der Waals surface area contributed by atoms with Crippen LogP contribution in [-0.2, 0) is 5.41 Å². The summed E-state index contributed by atoms with van der Waals surface area (Å²) in [5.41, 5.74) is 17.6. The minimum Gasteiger partial charge on any atom is -0.455 e. The SMILES string of the molecule is c1ccc(-c2cccc3c2oc2ccc4c(N(c5ccccc5)c5cccc6c5-c5ccccc5C65c6ccccc6-c6ccccc65)cccc4c23)cc1. The molecule has 9 aromatic carbocycles. The van der Waals surface area contributed by atoms with Crippen LogP contribution in [0.15, 0.2) is 205 Å². The fraction of sp³-hybridized carbons (Fsp3) is 0.0189. The lowest BCUT2D eigenvalue weighted by Crippen LogP contribution is -2.26. The van der Waals surface area contributed by atoms with Crippen molar-refractivity contribution in [2.45, 2.75) is 5.41 Å². The van der Waals surface area contributed by atoms with Crippen molar-refractivity contribution in [3.63, 3.8) is 0 Å². The Hall–Kier alpha value is -7.16. The van der Waals surface area contributed by atoms with E-state index in [2.05, 4.69) is 205 Å². The first-order chi connectivity index (χ1) is 27.3. The summed E-state index contributed by atoms with van der Waals surface area (Å²) >= 11 is 0. The molecule has 0 radical (unpaired) electrons. The van der Waals surface area contributed by atoms with E-state index < -0.39 is 5.41 Å². The molecule has 10 aromatic rings. The number of fused-ring (bicyclic) bond motifs is 15. The number of anilines is 3. The van der Waals surface area contributed by atoms with Gasteiger partial charge >= 0.3 is 0 Å². The maximum absolute atomic E-state index is 6.71. The van der Waals surface area contributed by atoms with Crippen molar-refractivity contribution in [2.24, 2.45) is 0 Å². The third-order valence-corrected chi connectivity index (χ3v) is 12.1. The van der Waals surface area contributed by atoms with Crippen LogP contribution in [0, 0.1) is 0 Å². The fourth-order valence-corrected chi connectivity index (χ4v) is 9.97. The Bertz CT molecular complexity index is 3110. The van der Waals surface area contributed by atoms with E-state index in [1.165, 1.54) is 55.3 Å². The highest BCUT2D eigenvalue weighted by Gasteiger charge is 2.52. The van der Waals surface area contributed by atoms with Gasteiger partial charge in [-0.05, 0) is 86.3 Å². The highest BCUT2D eigenvalue weighted by atomic mass is 16.3. The lowest BCUT2D eigenvalue weighted by Gasteiger charge is -2.32. The van der Waals surface area contributed by atoms with Crippen molar-refractivity contribution in [2.75, 3.05) is 4.90 Å². The van der Waals surface area contributed by atoms with Gasteiger partial charge in [0.2, 0.25) is 0 Å². The van der Waals surface area contributed by atoms with Gasteiger partial charge in [0.1, 0.15) is 11.2 Å². The molecule has 2 nitrogen and oxygen atoms in total. The van der Waals surface area contributed by atoms with Crippen molar-refractivity contribution < 1.29 is 4.42 Å². The number of hydrogen-bond donors (Lipinski definition) is 0. The summed E-state index contributed by atoms with van der Waals surface area (Å²) in [4.78, 5) is 2.48. The molecule has 2 heteroatoms. The van der Waals surface area contributed by atoms with Crippen LogP contribution in [-0.4, -0.2) is 0 Å². The van der Waals surface area contributed by atoms with Gasteiger partial charge in [0.05, 0.1) is 16.8 Å². The van der Waals surface area contributed by atoms with Crippen LogP contribution in [0.25, 0.3) is 66.1 Å². The van der Waals surface area contributed by atoms with Crippen molar-refractivity contribution in [1.82, 2.24) is 0 Å². The summed E-state index contributed by atoms with van der Waals surface area (Å²) in [5, 5.41) is 4.60. The zero-order valence-corrected chi connectivity index (χ0v) is 29.9. The second-order valence-electron chi connectivity index (χ2n) is 14.7. The standard InChI is InChI=1S/C53H33NO/c1-3-16-34(17-4-1)36-23-13-25-42-50-40-24-14-30-47(39(40)32-33-49(50)55-52(36)42)54(35-18-5-2-6-19-35)48-31-15-29-46-51(48)41-22-9-12-28-45(41)53(46)43-26-10-7-20-37(43)38-21-8-11-27-44(38)53/h1-33H. The Kier molecular flexibility index (Phi) is 6.29. The Labute approximate surface area is 319 Å². The molecule has 1 spiro atoms. The summed E-state index contributed by atoms with van der Waals surface area (Å²) in [6.45, 7) is 0. The number of benzene rings is 9. The molecule has 2 aliphatic rings. The zero-order chi connectivity index (χ0) is 36.1. The van der Waals surface area contributed by atoms with E-state index in [0.717, 1.165) is 50.1 Å².